The fourth-order valence-electron chi connectivity index (χ4n) is 4.06. The fraction of sp³-hybridized carbons (Fsp3) is 1.00. The van der Waals surface area contributed by atoms with Crippen molar-refractivity contribution in [3.05, 3.63) is 0 Å². The Bertz CT molecular complexity index is 341. The average molecular weight is 288 g/mol. The molecular formula is C16H30F2N2. The van der Waals surface area contributed by atoms with Crippen molar-refractivity contribution in [1.29, 1.82) is 0 Å². The summed E-state index contributed by atoms with van der Waals surface area (Å²) in [5, 5.41) is 0. The molecule has 0 amide bonds. The molecule has 2 rings (SSSR count). The summed E-state index contributed by atoms with van der Waals surface area (Å²) in [6, 6.07) is 1.54. The largest absolute Gasteiger partial charge is 0.294 e. The summed E-state index contributed by atoms with van der Waals surface area (Å²) in [4.78, 5) is 4.52. The summed E-state index contributed by atoms with van der Waals surface area (Å²) in [5.41, 5.74) is 0.242. The molecule has 2 heterocycles. The van der Waals surface area contributed by atoms with Crippen molar-refractivity contribution in [3.8, 4) is 0 Å². The second kappa shape index (κ2) is 5.20. The van der Waals surface area contributed by atoms with E-state index in [1.165, 1.54) is 0 Å². The molecule has 0 aromatic heterocycles. The van der Waals surface area contributed by atoms with Crippen molar-refractivity contribution in [2.24, 2.45) is 11.3 Å². The van der Waals surface area contributed by atoms with Gasteiger partial charge in [0, 0.05) is 24.7 Å². The highest BCUT2D eigenvalue weighted by atomic mass is 19.3. The maximum atomic E-state index is 13.0. The van der Waals surface area contributed by atoms with Crippen molar-refractivity contribution in [1.82, 2.24) is 9.80 Å². The second-order valence-electron chi connectivity index (χ2n) is 8.18. The molecule has 0 aromatic rings. The van der Waals surface area contributed by atoms with Gasteiger partial charge in [-0.1, -0.05) is 20.8 Å². The maximum absolute atomic E-state index is 13.0. The molecule has 4 heteroatoms. The fourth-order valence-corrected chi connectivity index (χ4v) is 4.06. The molecule has 3 atom stereocenters. The highest BCUT2D eigenvalue weighted by Gasteiger charge is 2.49. The van der Waals surface area contributed by atoms with Crippen LogP contribution >= 0.6 is 0 Å². The molecule has 2 aliphatic rings. The standard InChI is InChI=1S/C16H30F2N2/c1-11(2)20-12(3)13(7-14(20)15(4,5)6)8-19-9-16(17,18)10-19/h11-14H,7-10H2,1-6H3/t12-,13-,14+/m1/s1. The van der Waals surface area contributed by atoms with Crippen LogP contribution in [0.4, 0.5) is 8.78 Å². The lowest BCUT2D eigenvalue weighted by molar-refractivity contribution is -0.135. The minimum Gasteiger partial charge on any atom is -0.294 e. The van der Waals surface area contributed by atoms with Crippen LogP contribution in [-0.4, -0.2) is 53.5 Å². The molecule has 0 saturated carbocycles. The third-order valence-electron chi connectivity index (χ3n) is 5.04. The topological polar surface area (TPSA) is 6.48 Å². The summed E-state index contributed by atoms with van der Waals surface area (Å²) >= 11 is 0. The maximum Gasteiger partial charge on any atom is 0.272 e. The molecule has 0 radical (unpaired) electrons. The Hall–Kier alpha value is -0.220. The van der Waals surface area contributed by atoms with Gasteiger partial charge in [0.05, 0.1) is 13.1 Å². The van der Waals surface area contributed by atoms with E-state index in [2.05, 4.69) is 46.4 Å². The Morgan fingerprint density at radius 3 is 2.10 bits per heavy atom. The van der Waals surface area contributed by atoms with Gasteiger partial charge in [0.1, 0.15) is 0 Å². The van der Waals surface area contributed by atoms with E-state index < -0.39 is 5.92 Å². The van der Waals surface area contributed by atoms with Gasteiger partial charge >= 0.3 is 0 Å². The van der Waals surface area contributed by atoms with Crippen molar-refractivity contribution < 1.29 is 8.78 Å². The number of rotatable bonds is 3. The van der Waals surface area contributed by atoms with Crippen LogP contribution in [-0.2, 0) is 0 Å². The molecule has 0 N–H and O–H groups in total. The van der Waals surface area contributed by atoms with Crippen molar-refractivity contribution in [3.63, 3.8) is 0 Å². The average Bonchev–Trinajstić information content (AvgIpc) is 2.53. The zero-order chi connectivity index (χ0) is 15.3. The first-order valence-electron chi connectivity index (χ1n) is 7.89. The highest BCUT2D eigenvalue weighted by Crippen LogP contribution is 2.41. The SMILES string of the molecule is CC(C)N1[C@H](C)[C@@H](CN2CC(F)(F)C2)C[C@H]1C(C)(C)C. The first-order valence-corrected chi connectivity index (χ1v) is 7.89. The predicted octanol–water partition coefficient (Wildman–Crippen LogP) is 3.47. The van der Waals surface area contributed by atoms with E-state index in [1.807, 2.05) is 4.90 Å². The molecule has 0 unspecified atom stereocenters. The van der Waals surface area contributed by atoms with Crippen LogP contribution < -0.4 is 0 Å². The van der Waals surface area contributed by atoms with E-state index in [4.69, 9.17) is 0 Å². The third kappa shape index (κ3) is 3.16. The Labute approximate surface area is 122 Å². The van der Waals surface area contributed by atoms with Gasteiger partial charge in [0.25, 0.3) is 5.92 Å². The molecule has 2 fully saturated rings. The Morgan fingerprint density at radius 2 is 1.75 bits per heavy atom. The van der Waals surface area contributed by atoms with Gasteiger partial charge in [-0.05, 0) is 38.5 Å². The molecule has 0 spiro atoms. The van der Waals surface area contributed by atoms with Gasteiger partial charge in [-0.25, -0.2) is 8.78 Å². The van der Waals surface area contributed by atoms with Gasteiger partial charge in [-0.15, -0.1) is 0 Å². The van der Waals surface area contributed by atoms with Gasteiger partial charge < -0.3 is 0 Å². The zero-order valence-electron chi connectivity index (χ0n) is 13.8. The number of halogens is 2. The van der Waals surface area contributed by atoms with Crippen molar-refractivity contribution in [2.45, 2.75) is 72.0 Å². The second-order valence-corrected chi connectivity index (χ2v) is 8.18. The summed E-state index contributed by atoms with van der Waals surface area (Å²) in [6.45, 7) is 14.4. The minimum atomic E-state index is -2.44. The molecule has 2 aliphatic heterocycles. The zero-order valence-corrected chi connectivity index (χ0v) is 13.8. The van der Waals surface area contributed by atoms with Gasteiger partial charge in [-0.3, -0.25) is 9.80 Å². The molecule has 20 heavy (non-hydrogen) atoms. The molecule has 0 aliphatic carbocycles. The summed E-state index contributed by atoms with van der Waals surface area (Å²) in [7, 11) is 0. The predicted molar refractivity (Wildman–Crippen MR) is 79.2 cm³/mol. The molecule has 2 saturated heterocycles. The molecule has 0 aromatic carbocycles. The normalized spacial score (nSPS) is 35.5. The Morgan fingerprint density at radius 1 is 1.20 bits per heavy atom. The van der Waals surface area contributed by atoms with Crippen LogP contribution in [0.1, 0.15) is 48.0 Å². The van der Waals surface area contributed by atoms with E-state index in [0.29, 0.717) is 24.0 Å². The Balaban J connectivity index is 2.02. The minimum absolute atomic E-state index is 0.0436. The van der Waals surface area contributed by atoms with Gasteiger partial charge in [-0.2, -0.15) is 0 Å². The number of hydrogen-bond acceptors (Lipinski definition) is 2. The van der Waals surface area contributed by atoms with Crippen molar-refractivity contribution >= 4 is 0 Å². The van der Waals surface area contributed by atoms with E-state index in [0.717, 1.165) is 13.0 Å². The summed E-state index contributed by atoms with van der Waals surface area (Å²) in [6.07, 6.45) is 1.13. The van der Waals surface area contributed by atoms with E-state index >= 15 is 0 Å². The quantitative estimate of drug-likeness (QED) is 0.784. The molecule has 0 bridgehead atoms. The lowest BCUT2D eigenvalue weighted by atomic mass is 9.83. The van der Waals surface area contributed by atoms with Crippen LogP contribution in [0, 0.1) is 11.3 Å². The summed E-state index contributed by atoms with van der Waals surface area (Å²) < 4.78 is 26.0. The van der Waals surface area contributed by atoms with E-state index in [9.17, 15) is 8.78 Å². The first-order chi connectivity index (χ1) is 9.01. The monoisotopic (exact) mass is 288 g/mol. The molecular weight excluding hydrogens is 258 g/mol. The summed E-state index contributed by atoms with van der Waals surface area (Å²) in [5.74, 6) is -1.93. The van der Waals surface area contributed by atoms with Crippen LogP contribution in [0.2, 0.25) is 0 Å². The molecule has 2 nitrogen and oxygen atoms in total. The van der Waals surface area contributed by atoms with Crippen LogP contribution in [0.5, 0.6) is 0 Å². The lowest BCUT2D eigenvalue weighted by Gasteiger charge is -2.41. The Kier molecular flexibility index (Phi) is 4.20. The lowest BCUT2D eigenvalue weighted by Crippen LogP contribution is -2.57. The molecule has 118 valence electrons. The van der Waals surface area contributed by atoms with Gasteiger partial charge in [0.2, 0.25) is 0 Å². The third-order valence-corrected chi connectivity index (χ3v) is 5.04. The highest BCUT2D eigenvalue weighted by molar-refractivity contribution is 5.00. The number of alkyl halides is 2. The van der Waals surface area contributed by atoms with Crippen LogP contribution in [0.25, 0.3) is 0 Å². The van der Waals surface area contributed by atoms with Crippen LogP contribution in [0.3, 0.4) is 0 Å². The first kappa shape index (κ1) is 16.2. The van der Waals surface area contributed by atoms with E-state index in [-0.39, 0.29) is 18.5 Å². The number of likely N-dealkylation sites (tertiary alicyclic amines) is 2. The smallest absolute Gasteiger partial charge is 0.272 e. The van der Waals surface area contributed by atoms with Gasteiger partial charge in [0.15, 0.2) is 0 Å². The van der Waals surface area contributed by atoms with Crippen molar-refractivity contribution in [2.75, 3.05) is 19.6 Å². The van der Waals surface area contributed by atoms with Crippen LogP contribution in [0.15, 0.2) is 0 Å². The van der Waals surface area contributed by atoms with E-state index in [1.54, 1.807) is 0 Å². The number of hydrogen-bond donors (Lipinski definition) is 0. The number of nitrogens with zero attached hydrogens (tertiary/aromatic N) is 2.